The van der Waals surface area contributed by atoms with Crippen molar-refractivity contribution >= 4 is 11.8 Å². The molecular formula is C16H21N3S. The SMILES string of the molecule is CCCNCc1cnc(SCc2cccc(C)c2)nc1. The van der Waals surface area contributed by atoms with E-state index in [0.29, 0.717) is 0 Å². The number of nitrogens with one attached hydrogen (secondary N) is 1. The first-order valence-corrected chi connectivity index (χ1v) is 7.96. The van der Waals surface area contributed by atoms with Gasteiger partial charge in [0.2, 0.25) is 0 Å². The zero-order valence-electron chi connectivity index (χ0n) is 12.1. The Kier molecular flexibility index (Phi) is 6.02. The van der Waals surface area contributed by atoms with E-state index in [1.165, 1.54) is 11.1 Å². The van der Waals surface area contributed by atoms with Gasteiger partial charge in [-0.1, -0.05) is 48.5 Å². The number of benzene rings is 1. The number of nitrogens with zero attached hydrogens (tertiary/aromatic N) is 2. The van der Waals surface area contributed by atoms with Gasteiger partial charge in [-0.3, -0.25) is 0 Å². The molecule has 0 fully saturated rings. The smallest absolute Gasteiger partial charge is 0.187 e. The molecule has 20 heavy (non-hydrogen) atoms. The van der Waals surface area contributed by atoms with Gasteiger partial charge < -0.3 is 5.32 Å². The quantitative estimate of drug-likeness (QED) is 0.480. The van der Waals surface area contributed by atoms with E-state index in [0.717, 1.165) is 36.0 Å². The monoisotopic (exact) mass is 287 g/mol. The predicted molar refractivity (Wildman–Crippen MR) is 84.8 cm³/mol. The fourth-order valence-electron chi connectivity index (χ4n) is 1.87. The lowest BCUT2D eigenvalue weighted by atomic mass is 10.2. The summed E-state index contributed by atoms with van der Waals surface area (Å²) >= 11 is 1.68. The Balaban J connectivity index is 1.84. The molecule has 0 saturated heterocycles. The second kappa shape index (κ2) is 8.02. The van der Waals surface area contributed by atoms with Crippen LogP contribution in [0, 0.1) is 6.92 Å². The molecule has 0 spiro atoms. The second-order valence-corrected chi connectivity index (χ2v) is 5.77. The third kappa shape index (κ3) is 4.94. The fourth-order valence-corrected chi connectivity index (χ4v) is 2.60. The van der Waals surface area contributed by atoms with Gasteiger partial charge in [0.1, 0.15) is 0 Å². The van der Waals surface area contributed by atoms with Crippen LogP contribution in [0.25, 0.3) is 0 Å². The van der Waals surface area contributed by atoms with Gasteiger partial charge in [0.25, 0.3) is 0 Å². The molecule has 0 atom stereocenters. The van der Waals surface area contributed by atoms with E-state index in [4.69, 9.17) is 0 Å². The highest BCUT2D eigenvalue weighted by molar-refractivity contribution is 7.98. The van der Waals surface area contributed by atoms with Gasteiger partial charge in [-0.2, -0.15) is 0 Å². The van der Waals surface area contributed by atoms with Crippen molar-refractivity contribution in [1.82, 2.24) is 15.3 Å². The number of aryl methyl sites for hydroxylation is 1. The lowest BCUT2D eigenvalue weighted by Gasteiger charge is -2.04. The van der Waals surface area contributed by atoms with Crippen LogP contribution in [0.1, 0.15) is 30.0 Å². The van der Waals surface area contributed by atoms with Crippen LogP contribution < -0.4 is 5.32 Å². The van der Waals surface area contributed by atoms with Crippen LogP contribution in [0.2, 0.25) is 0 Å². The van der Waals surface area contributed by atoms with Crippen molar-refractivity contribution < 1.29 is 0 Å². The highest BCUT2D eigenvalue weighted by Crippen LogP contribution is 2.19. The zero-order chi connectivity index (χ0) is 14.2. The summed E-state index contributed by atoms with van der Waals surface area (Å²) in [5.41, 5.74) is 3.74. The van der Waals surface area contributed by atoms with E-state index in [9.17, 15) is 0 Å². The van der Waals surface area contributed by atoms with Crippen molar-refractivity contribution in [3.05, 3.63) is 53.3 Å². The molecule has 0 radical (unpaired) electrons. The van der Waals surface area contributed by atoms with Crippen LogP contribution in [-0.2, 0) is 12.3 Å². The number of rotatable bonds is 7. The predicted octanol–water partition coefficient (Wildman–Crippen LogP) is 3.58. The summed E-state index contributed by atoms with van der Waals surface area (Å²) in [6.07, 6.45) is 4.97. The van der Waals surface area contributed by atoms with Crippen LogP contribution in [0.5, 0.6) is 0 Å². The van der Waals surface area contributed by atoms with Crippen molar-refractivity contribution in [3.63, 3.8) is 0 Å². The summed E-state index contributed by atoms with van der Waals surface area (Å²) in [7, 11) is 0. The maximum atomic E-state index is 4.41. The first-order valence-electron chi connectivity index (χ1n) is 6.98. The third-order valence-electron chi connectivity index (χ3n) is 2.89. The summed E-state index contributed by atoms with van der Waals surface area (Å²) in [6, 6.07) is 8.55. The summed E-state index contributed by atoms with van der Waals surface area (Å²) in [4.78, 5) is 8.81. The van der Waals surface area contributed by atoms with Crippen molar-refractivity contribution in [2.75, 3.05) is 6.54 Å². The Morgan fingerprint density at radius 1 is 1.15 bits per heavy atom. The molecule has 0 unspecified atom stereocenters. The highest BCUT2D eigenvalue weighted by Gasteiger charge is 2.00. The number of thioether (sulfide) groups is 1. The molecule has 3 nitrogen and oxygen atoms in total. The van der Waals surface area contributed by atoms with E-state index in [1.54, 1.807) is 11.8 Å². The van der Waals surface area contributed by atoms with Crippen LogP contribution in [0.15, 0.2) is 41.8 Å². The largest absolute Gasteiger partial charge is 0.313 e. The van der Waals surface area contributed by atoms with E-state index < -0.39 is 0 Å². The fraction of sp³-hybridized carbons (Fsp3) is 0.375. The molecular weight excluding hydrogens is 266 g/mol. The molecule has 2 rings (SSSR count). The van der Waals surface area contributed by atoms with Gasteiger partial charge in [-0.15, -0.1) is 0 Å². The molecule has 0 amide bonds. The topological polar surface area (TPSA) is 37.8 Å². The summed E-state index contributed by atoms with van der Waals surface area (Å²) in [5.74, 6) is 0.912. The zero-order valence-corrected chi connectivity index (χ0v) is 12.9. The van der Waals surface area contributed by atoms with Crippen LogP contribution in [0.3, 0.4) is 0 Å². The Labute approximate surface area is 125 Å². The molecule has 4 heteroatoms. The number of hydrogen-bond acceptors (Lipinski definition) is 4. The minimum Gasteiger partial charge on any atom is -0.313 e. The third-order valence-corrected chi connectivity index (χ3v) is 3.83. The highest BCUT2D eigenvalue weighted by atomic mass is 32.2. The second-order valence-electron chi connectivity index (χ2n) is 4.83. The first kappa shape index (κ1) is 15.0. The molecule has 0 aliphatic heterocycles. The average Bonchev–Trinajstić information content (AvgIpc) is 2.47. The molecule has 106 valence electrons. The van der Waals surface area contributed by atoms with E-state index >= 15 is 0 Å². The van der Waals surface area contributed by atoms with Crippen LogP contribution in [-0.4, -0.2) is 16.5 Å². The minimum absolute atomic E-state index is 0.839. The maximum absolute atomic E-state index is 4.41. The molecule has 0 saturated carbocycles. The van der Waals surface area contributed by atoms with Crippen LogP contribution in [0.4, 0.5) is 0 Å². The van der Waals surface area contributed by atoms with E-state index in [2.05, 4.69) is 53.4 Å². The van der Waals surface area contributed by atoms with Gasteiger partial charge >= 0.3 is 0 Å². The lowest BCUT2D eigenvalue weighted by Crippen LogP contribution is -2.14. The van der Waals surface area contributed by atoms with E-state index in [-0.39, 0.29) is 0 Å². The summed E-state index contributed by atoms with van der Waals surface area (Å²) in [5, 5.41) is 4.19. The first-order chi connectivity index (χ1) is 9.78. The molecule has 1 aromatic carbocycles. The Morgan fingerprint density at radius 2 is 1.95 bits per heavy atom. The molecule has 1 aromatic heterocycles. The van der Waals surface area contributed by atoms with Gasteiger partial charge in [0, 0.05) is 30.3 Å². The summed E-state index contributed by atoms with van der Waals surface area (Å²) < 4.78 is 0. The standard InChI is InChI=1S/C16H21N3S/c1-3-7-17-9-15-10-18-16(19-11-15)20-12-14-6-4-5-13(2)8-14/h4-6,8,10-11,17H,3,7,9,12H2,1-2H3. The Morgan fingerprint density at radius 3 is 2.65 bits per heavy atom. The summed E-state index contributed by atoms with van der Waals surface area (Å²) in [6.45, 7) is 6.15. The van der Waals surface area contributed by atoms with Crippen molar-refractivity contribution in [3.8, 4) is 0 Å². The van der Waals surface area contributed by atoms with E-state index in [1.807, 2.05) is 12.4 Å². The number of hydrogen-bond donors (Lipinski definition) is 1. The van der Waals surface area contributed by atoms with Gasteiger partial charge in [0.05, 0.1) is 0 Å². The van der Waals surface area contributed by atoms with Crippen molar-refractivity contribution in [2.45, 2.75) is 37.7 Å². The van der Waals surface area contributed by atoms with Gasteiger partial charge in [-0.05, 0) is 25.5 Å². The molecule has 0 bridgehead atoms. The number of aromatic nitrogens is 2. The molecule has 1 N–H and O–H groups in total. The Hall–Kier alpha value is -1.39. The minimum atomic E-state index is 0.839. The molecule has 0 aliphatic carbocycles. The van der Waals surface area contributed by atoms with Gasteiger partial charge in [-0.25, -0.2) is 9.97 Å². The van der Waals surface area contributed by atoms with Crippen molar-refractivity contribution in [2.24, 2.45) is 0 Å². The lowest BCUT2D eigenvalue weighted by molar-refractivity contribution is 0.669. The molecule has 1 heterocycles. The normalized spacial score (nSPS) is 10.7. The van der Waals surface area contributed by atoms with Crippen LogP contribution >= 0.6 is 11.8 Å². The molecule has 2 aromatic rings. The Bertz CT molecular complexity index is 526. The maximum Gasteiger partial charge on any atom is 0.187 e. The van der Waals surface area contributed by atoms with Gasteiger partial charge in [0.15, 0.2) is 5.16 Å². The van der Waals surface area contributed by atoms with Crippen molar-refractivity contribution in [1.29, 1.82) is 0 Å². The molecule has 0 aliphatic rings. The average molecular weight is 287 g/mol.